The van der Waals surface area contributed by atoms with Crippen LogP contribution in [0.3, 0.4) is 0 Å². The number of carbonyl (C=O) groups excluding carboxylic acids is 2. The fourth-order valence-electron chi connectivity index (χ4n) is 2.42. The first-order valence-corrected chi connectivity index (χ1v) is 8.38. The maximum absolute atomic E-state index is 12.3. The van der Waals surface area contributed by atoms with Gasteiger partial charge in [-0.2, -0.15) is 0 Å². The number of nitrogens with one attached hydrogen (secondary N) is 2. The van der Waals surface area contributed by atoms with Crippen LogP contribution in [-0.2, 0) is 14.3 Å². The van der Waals surface area contributed by atoms with Gasteiger partial charge in [0.05, 0.1) is 17.7 Å². The zero-order chi connectivity index (χ0) is 17.5. The average molecular weight is 334 g/mol. The molecule has 6 nitrogen and oxygen atoms in total. The summed E-state index contributed by atoms with van der Waals surface area (Å²) in [5, 5.41) is 5.65. The first-order chi connectivity index (χ1) is 11.5. The summed E-state index contributed by atoms with van der Waals surface area (Å²) in [6.45, 7) is 7.27. The number of carbonyl (C=O) groups is 2. The van der Waals surface area contributed by atoms with Gasteiger partial charge in [0, 0.05) is 19.6 Å². The monoisotopic (exact) mass is 334 g/mol. The maximum Gasteiger partial charge on any atom is 0.231 e. The third kappa shape index (κ3) is 5.53. The number of benzene rings is 1. The summed E-state index contributed by atoms with van der Waals surface area (Å²) < 4.78 is 11.1. The van der Waals surface area contributed by atoms with Gasteiger partial charge >= 0.3 is 0 Å². The van der Waals surface area contributed by atoms with Gasteiger partial charge in [0.1, 0.15) is 12.4 Å². The predicted octanol–water partition coefficient (Wildman–Crippen LogP) is 2.26. The van der Waals surface area contributed by atoms with Crippen molar-refractivity contribution in [1.82, 2.24) is 5.32 Å². The minimum absolute atomic E-state index is 0.115. The maximum atomic E-state index is 12.3. The van der Waals surface area contributed by atoms with E-state index in [4.69, 9.17) is 9.47 Å². The van der Waals surface area contributed by atoms with E-state index in [1.807, 2.05) is 39.0 Å². The van der Waals surface area contributed by atoms with Crippen molar-refractivity contribution < 1.29 is 19.1 Å². The van der Waals surface area contributed by atoms with E-state index in [0.29, 0.717) is 24.6 Å². The molecular weight excluding hydrogens is 308 g/mol. The lowest BCUT2D eigenvalue weighted by Gasteiger charge is -2.13. The van der Waals surface area contributed by atoms with Gasteiger partial charge in [-0.3, -0.25) is 9.59 Å². The van der Waals surface area contributed by atoms with Crippen LogP contribution in [0.5, 0.6) is 5.75 Å². The molecule has 24 heavy (non-hydrogen) atoms. The topological polar surface area (TPSA) is 76.7 Å². The Labute approximate surface area is 142 Å². The van der Waals surface area contributed by atoms with Crippen molar-refractivity contribution in [3.63, 3.8) is 0 Å². The largest absolute Gasteiger partial charge is 0.491 e. The fourth-order valence-corrected chi connectivity index (χ4v) is 2.42. The van der Waals surface area contributed by atoms with Crippen molar-refractivity contribution in [3.8, 4) is 5.75 Å². The van der Waals surface area contributed by atoms with Crippen LogP contribution in [0.4, 0.5) is 5.69 Å². The van der Waals surface area contributed by atoms with Crippen molar-refractivity contribution in [1.29, 1.82) is 0 Å². The molecule has 0 radical (unpaired) electrons. The number of hydrogen-bond acceptors (Lipinski definition) is 4. The summed E-state index contributed by atoms with van der Waals surface area (Å²) in [4.78, 5) is 24.3. The lowest BCUT2D eigenvalue weighted by atomic mass is 10.1. The van der Waals surface area contributed by atoms with Gasteiger partial charge in [-0.15, -0.1) is 0 Å². The molecule has 0 bridgehead atoms. The summed E-state index contributed by atoms with van der Waals surface area (Å²) in [5.74, 6) is -0.178. The molecule has 0 aromatic heterocycles. The summed E-state index contributed by atoms with van der Waals surface area (Å²) in [6, 6.07) is 5.61. The number of hydrogen-bond donors (Lipinski definition) is 2. The van der Waals surface area contributed by atoms with Gasteiger partial charge in [-0.1, -0.05) is 6.07 Å². The number of anilines is 1. The Morgan fingerprint density at radius 1 is 1.46 bits per heavy atom. The van der Waals surface area contributed by atoms with Gasteiger partial charge in [0.2, 0.25) is 11.8 Å². The number of ether oxygens (including phenoxy) is 2. The molecule has 1 aromatic carbocycles. The summed E-state index contributed by atoms with van der Waals surface area (Å²) in [7, 11) is 0. The van der Waals surface area contributed by atoms with E-state index in [9.17, 15) is 9.59 Å². The standard InChI is InChI=1S/C18H26N2O4/c1-12(2)23-8-4-7-19-17(21)10-14-11-24-16-9-13(3)5-6-15(16)20-18(14)22/h5-6,9,12,14H,4,7-8,10-11H2,1-3H3,(H,19,21)(H,20,22). The van der Waals surface area contributed by atoms with E-state index in [1.165, 1.54) is 0 Å². The summed E-state index contributed by atoms with van der Waals surface area (Å²) in [6.07, 6.45) is 1.06. The molecule has 1 aromatic rings. The molecule has 0 saturated heterocycles. The van der Waals surface area contributed by atoms with E-state index < -0.39 is 5.92 Å². The van der Waals surface area contributed by atoms with E-state index >= 15 is 0 Å². The van der Waals surface area contributed by atoms with E-state index in [2.05, 4.69) is 10.6 Å². The second kappa shape index (κ2) is 8.68. The summed E-state index contributed by atoms with van der Waals surface area (Å²) >= 11 is 0. The second-order valence-corrected chi connectivity index (χ2v) is 6.32. The Bertz CT molecular complexity index is 586. The molecular formula is C18H26N2O4. The highest BCUT2D eigenvalue weighted by Crippen LogP contribution is 2.29. The smallest absolute Gasteiger partial charge is 0.231 e. The second-order valence-electron chi connectivity index (χ2n) is 6.32. The van der Waals surface area contributed by atoms with Crippen molar-refractivity contribution in [2.45, 2.75) is 39.7 Å². The molecule has 2 N–H and O–H groups in total. The number of aryl methyl sites for hydroxylation is 1. The molecule has 0 aliphatic carbocycles. The Hall–Kier alpha value is -2.08. The predicted molar refractivity (Wildman–Crippen MR) is 92.1 cm³/mol. The molecule has 1 atom stereocenters. The third-order valence-electron chi connectivity index (χ3n) is 3.73. The fraction of sp³-hybridized carbons (Fsp3) is 0.556. The molecule has 0 fully saturated rings. The Kier molecular flexibility index (Phi) is 6.61. The van der Waals surface area contributed by atoms with Crippen LogP contribution >= 0.6 is 0 Å². The Balaban J connectivity index is 1.79. The molecule has 2 rings (SSSR count). The zero-order valence-electron chi connectivity index (χ0n) is 14.6. The van der Waals surface area contributed by atoms with E-state index in [0.717, 1.165) is 12.0 Å². The molecule has 132 valence electrons. The Morgan fingerprint density at radius 3 is 3.00 bits per heavy atom. The number of rotatable bonds is 7. The molecule has 0 saturated carbocycles. The normalized spacial score (nSPS) is 16.8. The number of amides is 2. The van der Waals surface area contributed by atoms with E-state index in [-0.39, 0.29) is 30.9 Å². The van der Waals surface area contributed by atoms with E-state index in [1.54, 1.807) is 0 Å². The average Bonchev–Trinajstić information content (AvgIpc) is 2.66. The first kappa shape index (κ1) is 18.3. The highest BCUT2D eigenvalue weighted by atomic mass is 16.5. The van der Waals surface area contributed by atoms with Crippen molar-refractivity contribution in [2.24, 2.45) is 5.92 Å². The lowest BCUT2D eigenvalue weighted by Crippen LogP contribution is -2.33. The van der Waals surface area contributed by atoms with Crippen LogP contribution in [0.1, 0.15) is 32.3 Å². The third-order valence-corrected chi connectivity index (χ3v) is 3.73. The minimum atomic E-state index is -0.496. The highest BCUT2D eigenvalue weighted by Gasteiger charge is 2.26. The van der Waals surface area contributed by atoms with Gasteiger partial charge in [-0.05, 0) is 44.9 Å². The lowest BCUT2D eigenvalue weighted by molar-refractivity contribution is -0.128. The quantitative estimate of drug-likeness (QED) is 0.750. The van der Waals surface area contributed by atoms with Crippen molar-refractivity contribution in [2.75, 3.05) is 25.1 Å². The van der Waals surface area contributed by atoms with Crippen LogP contribution in [0, 0.1) is 12.8 Å². The van der Waals surface area contributed by atoms with Crippen LogP contribution in [0.25, 0.3) is 0 Å². The van der Waals surface area contributed by atoms with Gasteiger partial charge in [0.15, 0.2) is 0 Å². The number of fused-ring (bicyclic) bond motifs is 1. The molecule has 1 aliphatic rings. The Morgan fingerprint density at radius 2 is 2.25 bits per heavy atom. The van der Waals surface area contributed by atoms with Crippen molar-refractivity contribution in [3.05, 3.63) is 23.8 Å². The van der Waals surface area contributed by atoms with Crippen molar-refractivity contribution >= 4 is 17.5 Å². The molecule has 1 aliphatic heterocycles. The first-order valence-electron chi connectivity index (χ1n) is 8.38. The van der Waals surface area contributed by atoms with Crippen LogP contribution < -0.4 is 15.4 Å². The van der Waals surface area contributed by atoms with Gasteiger partial charge in [-0.25, -0.2) is 0 Å². The summed E-state index contributed by atoms with van der Waals surface area (Å²) in [5.41, 5.74) is 1.71. The van der Waals surface area contributed by atoms with Gasteiger partial charge in [0.25, 0.3) is 0 Å². The SMILES string of the molecule is Cc1ccc2c(c1)OCC(CC(=O)NCCCOC(C)C)C(=O)N2. The van der Waals surface area contributed by atoms with Crippen LogP contribution in [-0.4, -0.2) is 37.7 Å². The van der Waals surface area contributed by atoms with Crippen LogP contribution in [0.2, 0.25) is 0 Å². The highest BCUT2D eigenvalue weighted by molar-refractivity contribution is 5.97. The molecule has 0 spiro atoms. The van der Waals surface area contributed by atoms with Gasteiger partial charge < -0.3 is 20.1 Å². The zero-order valence-corrected chi connectivity index (χ0v) is 14.6. The molecule has 1 heterocycles. The molecule has 2 amide bonds. The minimum Gasteiger partial charge on any atom is -0.491 e. The van der Waals surface area contributed by atoms with Crippen LogP contribution in [0.15, 0.2) is 18.2 Å². The molecule has 1 unspecified atom stereocenters. The molecule has 6 heteroatoms.